The number of imide groups is 2. The fraction of sp³-hybridized carbons (Fsp3) is 0.522. The standard InChI is InChI=1S/C14H18F3N5O4.C9H10F3N5O2.ClH/c1-12(2,3)21(11(25)26)6-13(9(23)19-10(24)20-13)8-4-5-18-22(8)7-14(15,16)17;10-9(11,12)4-17-5(1-2-14-17)8(3-13)6(18)15-7(19)16-8;/h4-5H,6-7H2,1-3H3,(H,25,26)(H2,19,20,23,24);1-2H,3-4,13H2,(H2,15,16,18,19);1H/t13-;8-;/m11./s1. The molecule has 2 aliphatic heterocycles. The number of rotatable bonds is 7. The van der Waals surface area contributed by atoms with E-state index in [1.165, 1.54) is 6.07 Å². The number of nitrogens with two attached hydrogens (primary N) is 1. The van der Waals surface area contributed by atoms with Crippen molar-refractivity contribution in [2.75, 3.05) is 13.1 Å². The molecule has 4 heterocycles. The molecule has 4 rings (SSSR count). The molecular formula is C23H29ClF6N10O6. The van der Waals surface area contributed by atoms with Gasteiger partial charge in [0.1, 0.15) is 13.1 Å². The lowest BCUT2D eigenvalue weighted by molar-refractivity contribution is -0.144. The molecule has 0 bridgehead atoms. The van der Waals surface area contributed by atoms with E-state index in [1.54, 1.807) is 20.8 Å². The molecule has 2 aromatic heterocycles. The number of aromatic nitrogens is 4. The smallest absolute Gasteiger partial charge is 0.408 e. The molecule has 46 heavy (non-hydrogen) atoms. The Morgan fingerprint density at radius 3 is 1.54 bits per heavy atom. The van der Waals surface area contributed by atoms with Gasteiger partial charge in [-0.3, -0.25) is 29.6 Å². The molecule has 0 saturated carbocycles. The highest BCUT2D eigenvalue weighted by Gasteiger charge is 2.53. The predicted octanol–water partition coefficient (Wildman–Crippen LogP) is 1.12. The molecule has 0 unspecified atom stereocenters. The average molecular weight is 691 g/mol. The first-order valence-corrected chi connectivity index (χ1v) is 12.7. The summed E-state index contributed by atoms with van der Waals surface area (Å²) in [6, 6.07) is 0.604. The average Bonchev–Trinajstić information content (AvgIpc) is 3.62. The van der Waals surface area contributed by atoms with Gasteiger partial charge in [-0.1, -0.05) is 0 Å². The molecule has 2 aromatic rings. The van der Waals surface area contributed by atoms with Crippen molar-refractivity contribution in [3.8, 4) is 0 Å². The third-order valence-electron chi connectivity index (χ3n) is 6.59. The minimum absolute atomic E-state index is 0. The summed E-state index contributed by atoms with van der Waals surface area (Å²) in [7, 11) is 0. The van der Waals surface area contributed by atoms with E-state index in [0.717, 1.165) is 23.4 Å². The molecule has 16 nitrogen and oxygen atoms in total. The number of nitrogens with one attached hydrogen (secondary N) is 4. The van der Waals surface area contributed by atoms with E-state index >= 15 is 0 Å². The summed E-state index contributed by atoms with van der Waals surface area (Å²) in [6.45, 7) is 0.813. The fourth-order valence-corrected chi connectivity index (χ4v) is 4.60. The number of hydrogen-bond acceptors (Lipinski definition) is 8. The molecule has 0 aliphatic carbocycles. The third kappa shape index (κ3) is 7.97. The van der Waals surface area contributed by atoms with E-state index in [0.29, 0.717) is 9.36 Å². The van der Waals surface area contributed by atoms with E-state index in [1.807, 2.05) is 10.6 Å². The number of carbonyl (C=O) groups is 5. The Balaban J connectivity index is 0.000000328. The van der Waals surface area contributed by atoms with Crippen LogP contribution in [0.2, 0.25) is 0 Å². The van der Waals surface area contributed by atoms with Crippen molar-refractivity contribution in [3.05, 3.63) is 35.9 Å². The Morgan fingerprint density at radius 1 is 0.848 bits per heavy atom. The van der Waals surface area contributed by atoms with Crippen LogP contribution in [-0.4, -0.2) is 90.5 Å². The van der Waals surface area contributed by atoms with Crippen LogP contribution in [0.5, 0.6) is 0 Å². The summed E-state index contributed by atoms with van der Waals surface area (Å²) in [4.78, 5) is 59.6. The van der Waals surface area contributed by atoms with Gasteiger partial charge in [0.05, 0.1) is 17.9 Å². The Bertz CT molecular complexity index is 1490. The van der Waals surface area contributed by atoms with Gasteiger partial charge >= 0.3 is 30.5 Å². The number of halogens is 7. The van der Waals surface area contributed by atoms with Crippen molar-refractivity contribution < 1.29 is 55.4 Å². The van der Waals surface area contributed by atoms with E-state index in [2.05, 4.69) is 20.8 Å². The van der Waals surface area contributed by atoms with Crippen LogP contribution < -0.4 is 27.0 Å². The van der Waals surface area contributed by atoms with Gasteiger partial charge in [0.2, 0.25) is 0 Å². The number of alkyl halides is 6. The van der Waals surface area contributed by atoms with Crippen LogP contribution in [0.3, 0.4) is 0 Å². The molecule has 256 valence electrons. The zero-order chi connectivity index (χ0) is 34.2. The molecule has 7 N–H and O–H groups in total. The van der Waals surface area contributed by atoms with E-state index in [-0.39, 0.29) is 30.3 Å². The van der Waals surface area contributed by atoms with Crippen LogP contribution in [-0.2, 0) is 33.8 Å². The Kier molecular flexibility index (Phi) is 10.6. The van der Waals surface area contributed by atoms with Gasteiger partial charge in [-0.05, 0) is 32.9 Å². The molecule has 2 saturated heterocycles. The maximum atomic E-state index is 12.8. The number of carboxylic acid groups (broad SMARTS) is 1. The molecule has 0 spiro atoms. The molecule has 7 amide bonds. The van der Waals surface area contributed by atoms with Crippen molar-refractivity contribution in [1.29, 1.82) is 0 Å². The third-order valence-corrected chi connectivity index (χ3v) is 6.59. The summed E-state index contributed by atoms with van der Waals surface area (Å²) in [5.74, 6) is -1.76. The summed E-state index contributed by atoms with van der Waals surface area (Å²) < 4.78 is 76.8. The van der Waals surface area contributed by atoms with E-state index in [4.69, 9.17) is 5.73 Å². The van der Waals surface area contributed by atoms with Crippen molar-refractivity contribution in [1.82, 2.24) is 45.7 Å². The molecule has 2 aliphatic rings. The van der Waals surface area contributed by atoms with Gasteiger partial charge in [0, 0.05) is 24.5 Å². The van der Waals surface area contributed by atoms with Gasteiger partial charge in [-0.2, -0.15) is 36.5 Å². The molecule has 0 aromatic carbocycles. The Hall–Kier alpha value is -4.60. The minimum Gasteiger partial charge on any atom is -0.465 e. The largest absolute Gasteiger partial charge is 0.465 e. The van der Waals surface area contributed by atoms with Crippen molar-refractivity contribution in [3.63, 3.8) is 0 Å². The second-order valence-corrected chi connectivity index (χ2v) is 10.8. The number of carbonyl (C=O) groups excluding carboxylic acids is 4. The summed E-state index contributed by atoms with van der Waals surface area (Å²) in [5.41, 5.74) is 0.317. The van der Waals surface area contributed by atoms with Crippen LogP contribution in [0.1, 0.15) is 32.2 Å². The topological polar surface area (TPSA) is 219 Å². The number of hydrogen-bond donors (Lipinski definition) is 6. The van der Waals surface area contributed by atoms with Crippen LogP contribution >= 0.6 is 12.4 Å². The lowest BCUT2D eigenvalue weighted by atomic mass is 9.92. The maximum absolute atomic E-state index is 12.8. The van der Waals surface area contributed by atoms with Gasteiger partial charge in [-0.15, -0.1) is 12.4 Å². The van der Waals surface area contributed by atoms with Crippen molar-refractivity contribution >= 4 is 42.4 Å². The second kappa shape index (κ2) is 13.0. The summed E-state index contributed by atoms with van der Waals surface area (Å²) >= 11 is 0. The quantitative estimate of drug-likeness (QED) is 0.181. The number of amides is 7. The second-order valence-electron chi connectivity index (χ2n) is 10.8. The van der Waals surface area contributed by atoms with Gasteiger partial charge in [-0.25, -0.2) is 14.4 Å². The van der Waals surface area contributed by atoms with Gasteiger partial charge in [0.25, 0.3) is 11.8 Å². The fourth-order valence-electron chi connectivity index (χ4n) is 4.60. The molecular weight excluding hydrogens is 662 g/mol. The summed E-state index contributed by atoms with van der Waals surface area (Å²) in [6.07, 6.45) is -8.38. The highest BCUT2D eigenvalue weighted by molar-refractivity contribution is 6.08. The van der Waals surface area contributed by atoms with Gasteiger partial charge < -0.3 is 26.4 Å². The van der Waals surface area contributed by atoms with Crippen LogP contribution in [0, 0.1) is 0 Å². The first-order chi connectivity index (χ1) is 20.5. The van der Waals surface area contributed by atoms with Gasteiger partial charge in [0.15, 0.2) is 11.1 Å². The zero-order valence-corrected chi connectivity index (χ0v) is 24.9. The van der Waals surface area contributed by atoms with Crippen LogP contribution in [0.4, 0.5) is 40.7 Å². The molecule has 2 fully saturated rings. The SMILES string of the molecule is CC(C)(C)N(C[C@]1(c2ccnn2CC(F)(F)F)NC(=O)NC1=O)C(=O)O.Cl.NC[C@]1(c2ccnn2CC(F)(F)F)NC(=O)NC1=O. The van der Waals surface area contributed by atoms with E-state index in [9.17, 15) is 55.4 Å². The minimum atomic E-state index is -4.63. The van der Waals surface area contributed by atoms with Crippen molar-refractivity contribution in [2.24, 2.45) is 5.73 Å². The maximum Gasteiger partial charge on any atom is 0.408 e. The van der Waals surface area contributed by atoms with Crippen LogP contribution in [0.25, 0.3) is 0 Å². The normalized spacial score (nSPS) is 21.3. The first-order valence-electron chi connectivity index (χ1n) is 12.7. The Labute approximate surface area is 261 Å². The Morgan fingerprint density at radius 2 is 1.24 bits per heavy atom. The number of urea groups is 2. The highest BCUT2D eigenvalue weighted by Crippen LogP contribution is 2.31. The van der Waals surface area contributed by atoms with Crippen LogP contribution in [0.15, 0.2) is 24.5 Å². The zero-order valence-electron chi connectivity index (χ0n) is 24.1. The molecule has 23 heteroatoms. The summed E-state index contributed by atoms with van der Waals surface area (Å²) in [5, 5.41) is 25.0. The van der Waals surface area contributed by atoms with Crippen molar-refractivity contribution in [2.45, 2.75) is 62.8 Å². The lowest BCUT2D eigenvalue weighted by Crippen LogP contribution is -2.59. The molecule has 0 radical (unpaired) electrons. The lowest BCUT2D eigenvalue weighted by Gasteiger charge is -2.39. The molecule has 2 atom stereocenters. The highest BCUT2D eigenvalue weighted by atomic mass is 35.5. The monoisotopic (exact) mass is 690 g/mol. The predicted molar refractivity (Wildman–Crippen MR) is 144 cm³/mol. The number of nitrogens with zero attached hydrogens (tertiary/aromatic N) is 5. The first kappa shape index (κ1) is 37.6. The van der Waals surface area contributed by atoms with E-state index < -0.39 is 78.6 Å².